The van der Waals surface area contributed by atoms with Crippen molar-refractivity contribution in [2.45, 2.75) is 63.8 Å². The molecule has 5 unspecified atom stereocenters. The summed E-state index contributed by atoms with van der Waals surface area (Å²) in [4.78, 5) is 15.2. The van der Waals surface area contributed by atoms with Gasteiger partial charge in [0.25, 0.3) is 0 Å². The highest BCUT2D eigenvalue weighted by Gasteiger charge is 2.77. The van der Waals surface area contributed by atoms with E-state index in [2.05, 4.69) is 42.2 Å². The summed E-state index contributed by atoms with van der Waals surface area (Å²) in [7, 11) is 0. The van der Waals surface area contributed by atoms with Crippen LogP contribution in [-0.4, -0.2) is 29.9 Å². The fraction of sp³-hybridized carbons (Fsp3) is 0.682. The number of unbranched alkanes of at least 4 members (excludes halogenated alkanes) is 2. The molecule has 2 N–H and O–H groups in total. The number of hydrogen-bond donors (Lipinski definition) is 1. The molecule has 1 amide bonds. The van der Waals surface area contributed by atoms with Crippen LogP contribution in [-0.2, 0) is 4.79 Å². The van der Waals surface area contributed by atoms with Crippen LogP contribution >= 0.6 is 0 Å². The van der Waals surface area contributed by atoms with Gasteiger partial charge in [0.2, 0.25) is 5.91 Å². The van der Waals surface area contributed by atoms with Crippen molar-refractivity contribution in [3.8, 4) is 0 Å². The van der Waals surface area contributed by atoms with Crippen molar-refractivity contribution >= 4 is 5.91 Å². The Hall–Kier alpha value is -1.35. The van der Waals surface area contributed by atoms with Crippen molar-refractivity contribution < 1.29 is 4.79 Å². The van der Waals surface area contributed by atoms with Gasteiger partial charge in [0.1, 0.15) is 0 Å². The third-order valence-corrected chi connectivity index (χ3v) is 7.32. The molecule has 3 aliphatic carbocycles. The molecule has 1 spiro atoms. The van der Waals surface area contributed by atoms with E-state index in [1.807, 2.05) is 0 Å². The van der Waals surface area contributed by atoms with Gasteiger partial charge in [0.15, 0.2) is 0 Å². The lowest BCUT2D eigenvalue weighted by molar-refractivity contribution is -0.142. The zero-order valence-electron chi connectivity index (χ0n) is 15.5. The summed E-state index contributed by atoms with van der Waals surface area (Å²) in [5, 5.41) is 0. The van der Waals surface area contributed by atoms with Crippen LogP contribution in [0, 0.1) is 17.3 Å². The first-order valence-corrected chi connectivity index (χ1v) is 10.3. The summed E-state index contributed by atoms with van der Waals surface area (Å²) in [6.45, 7) is 3.74. The predicted octanol–water partition coefficient (Wildman–Crippen LogP) is 3.94. The Morgan fingerprint density at radius 2 is 2.00 bits per heavy atom. The van der Waals surface area contributed by atoms with Gasteiger partial charge in [0, 0.05) is 24.9 Å². The Balaban J connectivity index is 1.51. The Morgan fingerprint density at radius 3 is 2.68 bits per heavy atom. The van der Waals surface area contributed by atoms with E-state index in [9.17, 15) is 4.79 Å². The zero-order valence-corrected chi connectivity index (χ0v) is 15.5. The van der Waals surface area contributed by atoms with E-state index < -0.39 is 0 Å². The van der Waals surface area contributed by atoms with Crippen molar-refractivity contribution in [1.29, 1.82) is 0 Å². The standard InChI is InChI=1S/C22H32N2O/c1-2-24(19(25)11-7-4-8-14-23)21-18-13-12-17-15-22(17,18)20(21)16-9-5-3-6-10-16/h3,5-6,9-10,17-18,20-21H,2,4,7-8,11-15,23H2,1H3. The second kappa shape index (κ2) is 6.75. The molecule has 3 fully saturated rings. The minimum Gasteiger partial charge on any atom is -0.339 e. The van der Waals surface area contributed by atoms with Gasteiger partial charge >= 0.3 is 0 Å². The highest BCUT2D eigenvalue weighted by Crippen LogP contribution is 2.81. The molecule has 5 atom stereocenters. The van der Waals surface area contributed by atoms with Crippen LogP contribution in [0.4, 0.5) is 0 Å². The van der Waals surface area contributed by atoms with E-state index in [0.29, 0.717) is 29.7 Å². The maximum atomic E-state index is 12.9. The maximum Gasteiger partial charge on any atom is 0.222 e. The number of nitrogens with zero attached hydrogens (tertiary/aromatic N) is 1. The van der Waals surface area contributed by atoms with Gasteiger partial charge in [-0.1, -0.05) is 36.8 Å². The number of carbonyl (C=O) groups excluding carboxylic acids is 1. The molecule has 3 heteroatoms. The first-order chi connectivity index (χ1) is 12.2. The van der Waals surface area contributed by atoms with Crippen LogP contribution in [0.3, 0.4) is 0 Å². The summed E-state index contributed by atoms with van der Waals surface area (Å²) in [6.07, 6.45) is 7.88. The molecule has 0 saturated heterocycles. The van der Waals surface area contributed by atoms with Crippen molar-refractivity contribution in [2.24, 2.45) is 23.0 Å². The van der Waals surface area contributed by atoms with Crippen LogP contribution in [0.15, 0.2) is 30.3 Å². The lowest BCUT2D eigenvalue weighted by atomic mass is 9.55. The summed E-state index contributed by atoms with van der Waals surface area (Å²) in [5.74, 6) is 2.61. The summed E-state index contributed by atoms with van der Waals surface area (Å²) in [5.41, 5.74) is 7.58. The number of benzene rings is 1. The third kappa shape index (κ3) is 2.63. The SMILES string of the molecule is CCN(C(=O)CCCCCN)C1C2CCC3CC32C1c1ccccc1. The molecule has 1 aromatic rings. The van der Waals surface area contributed by atoms with Crippen LogP contribution < -0.4 is 5.73 Å². The van der Waals surface area contributed by atoms with Gasteiger partial charge in [-0.25, -0.2) is 0 Å². The average Bonchev–Trinajstić information content (AvgIpc) is 3.29. The van der Waals surface area contributed by atoms with Crippen molar-refractivity contribution in [3.63, 3.8) is 0 Å². The third-order valence-electron chi connectivity index (χ3n) is 7.32. The smallest absolute Gasteiger partial charge is 0.222 e. The molecule has 25 heavy (non-hydrogen) atoms. The van der Waals surface area contributed by atoms with E-state index >= 15 is 0 Å². The van der Waals surface area contributed by atoms with Gasteiger partial charge in [-0.05, 0) is 68.4 Å². The van der Waals surface area contributed by atoms with E-state index in [0.717, 1.165) is 44.2 Å². The lowest BCUT2D eigenvalue weighted by Crippen LogP contribution is -2.60. The lowest BCUT2D eigenvalue weighted by Gasteiger charge is -2.56. The van der Waals surface area contributed by atoms with E-state index in [4.69, 9.17) is 5.73 Å². The maximum absolute atomic E-state index is 12.9. The second-order valence-electron chi connectivity index (χ2n) is 8.36. The van der Waals surface area contributed by atoms with Crippen LogP contribution in [0.2, 0.25) is 0 Å². The fourth-order valence-electron chi connectivity index (χ4n) is 6.23. The van der Waals surface area contributed by atoms with Gasteiger partial charge in [-0.15, -0.1) is 0 Å². The van der Waals surface area contributed by atoms with Gasteiger partial charge < -0.3 is 10.6 Å². The normalized spacial score (nSPS) is 34.8. The molecular weight excluding hydrogens is 308 g/mol. The predicted molar refractivity (Wildman–Crippen MR) is 101 cm³/mol. The van der Waals surface area contributed by atoms with Crippen molar-refractivity contribution in [2.75, 3.05) is 13.1 Å². The minimum atomic E-state index is 0.365. The first kappa shape index (κ1) is 17.1. The number of nitrogens with two attached hydrogens (primary N) is 1. The molecule has 0 aromatic heterocycles. The Kier molecular flexibility index (Phi) is 4.61. The summed E-state index contributed by atoms with van der Waals surface area (Å²) in [6, 6.07) is 11.4. The van der Waals surface area contributed by atoms with Gasteiger partial charge in [-0.2, -0.15) is 0 Å². The van der Waals surface area contributed by atoms with E-state index in [1.165, 1.54) is 24.8 Å². The molecule has 0 radical (unpaired) electrons. The molecule has 3 nitrogen and oxygen atoms in total. The Morgan fingerprint density at radius 1 is 1.20 bits per heavy atom. The molecule has 136 valence electrons. The zero-order chi connectivity index (χ0) is 17.4. The molecule has 0 heterocycles. The number of likely N-dealkylation sites (N-methyl/N-ethyl adjacent to an activating group) is 1. The largest absolute Gasteiger partial charge is 0.339 e. The van der Waals surface area contributed by atoms with Gasteiger partial charge in [-0.3, -0.25) is 4.79 Å². The van der Waals surface area contributed by atoms with E-state index in [1.54, 1.807) is 0 Å². The van der Waals surface area contributed by atoms with Crippen molar-refractivity contribution in [1.82, 2.24) is 4.90 Å². The van der Waals surface area contributed by atoms with Crippen LogP contribution in [0.1, 0.15) is 63.4 Å². The Labute approximate surface area is 152 Å². The monoisotopic (exact) mass is 340 g/mol. The number of amides is 1. The molecule has 0 bridgehead atoms. The molecule has 3 saturated carbocycles. The number of rotatable bonds is 8. The van der Waals surface area contributed by atoms with Crippen molar-refractivity contribution in [3.05, 3.63) is 35.9 Å². The first-order valence-electron chi connectivity index (χ1n) is 10.3. The van der Waals surface area contributed by atoms with E-state index in [-0.39, 0.29) is 0 Å². The second-order valence-corrected chi connectivity index (χ2v) is 8.36. The molecule has 3 aliphatic rings. The summed E-state index contributed by atoms with van der Waals surface area (Å²) < 4.78 is 0. The number of hydrogen-bond acceptors (Lipinski definition) is 2. The molecular formula is C22H32N2O. The average molecular weight is 341 g/mol. The number of carbonyl (C=O) groups is 1. The van der Waals surface area contributed by atoms with Crippen LogP contribution in [0.5, 0.6) is 0 Å². The van der Waals surface area contributed by atoms with Gasteiger partial charge in [0.05, 0.1) is 0 Å². The van der Waals surface area contributed by atoms with Crippen LogP contribution in [0.25, 0.3) is 0 Å². The summed E-state index contributed by atoms with van der Waals surface area (Å²) >= 11 is 0. The quantitative estimate of drug-likeness (QED) is 0.729. The highest BCUT2D eigenvalue weighted by molar-refractivity contribution is 5.77. The molecule has 1 aromatic carbocycles. The Bertz CT molecular complexity index is 616. The molecule has 4 rings (SSSR count). The minimum absolute atomic E-state index is 0.365. The molecule has 0 aliphatic heterocycles. The highest BCUT2D eigenvalue weighted by atomic mass is 16.2. The fourth-order valence-corrected chi connectivity index (χ4v) is 6.23. The topological polar surface area (TPSA) is 46.3 Å².